The molecule has 1 aromatic heterocycles. The van der Waals surface area contributed by atoms with Gasteiger partial charge in [-0.25, -0.2) is 0 Å². The van der Waals surface area contributed by atoms with Crippen LogP contribution in [0.4, 0.5) is 5.69 Å². The molecule has 0 bridgehead atoms. The highest BCUT2D eigenvalue weighted by Gasteiger charge is 2.04. The molecular formula is C17H22N2O2. The number of para-hydroxylation sites is 2. The van der Waals surface area contributed by atoms with E-state index in [-0.39, 0.29) is 0 Å². The minimum absolute atomic E-state index is 0.422. The van der Waals surface area contributed by atoms with Crippen molar-refractivity contribution in [3.05, 3.63) is 48.3 Å². The van der Waals surface area contributed by atoms with E-state index in [0.29, 0.717) is 13.2 Å². The summed E-state index contributed by atoms with van der Waals surface area (Å²) in [5, 5.41) is 3.34. The molecule has 4 heteroatoms. The van der Waals surface area contributed by atoms with Crippen molar-refractivity contribution >= 4 is 5.69 Å². The molecule has 0 aliphatic carbocycles. The topological polar surface area (TPSA) is 43.4 Å². The second kappa shape index (κ2) is 8.15. The van der Waals surface area contributed by atoms with E-state index in [1.165, 1.54) is 0 Å². The third-order valence-electron chi connectivity index (χ3n) is 2.92. The number of nitrogens with zero attached hydrogens (tertiary/aromatic N) is 1. The van der Waals surface area contributed by atoms with Crippen LogP contribution in [-0.2, 0) is 6.61 Å². The molecule has 0 aliphatic rings. The molecule has 4 nitrogen and oxygen atoms in total. The lowest BCUT2D eigenvalue weighted by molar-refractivity contribution is 0.266. The van der Waals surface area contributed by atoms with Crippen LogP contribution in [0.2, 0.25) is 0 Å². The van der Waals surface area contributed by atoms with Crippen LogP contribution in [0.25, 0.3) is 0 Å². The van der Waals surface area contributed by atoms with Crippen LogP contribution in [0.5, 0.6) is 11.5 Å². The summed E-state index contributed by atoms with van der Waals surface area (Å²) in [5.41, 5.74) is 1.96. The fourth-order valence-corrected chi connectivity index (χ4v) is 1.93. The van der Waals surface area contributed by atoms with Crippen LogP contribution in [0.1, 0.15) is 26.0 Å². The van der Waals surface area contributed by atoms with Gasteiger partial charge in [-0.1, -0.05) is 19.1 Å². The van der Waals surface area contributed by atoms with Gasteiger partial charge in [0.2, 0.25) is 0 Å². The van der Waals surface area contributed by atoms with E-state index in [2.05, 4.69) is 17.2 Å². The van der Waals surface area contributed by atoms with E-state index in [9.17, 15) is 0 Å². The van der Waals surface area contributed by atoms with Crippen molar-refractivity contribution in [1.29, 1.82) is 0 Å². The molecule has 0 fully saturated rings. The van der Waals surface area contributed by atoms with Crippen molar-refractivity contribution in [1.82, 2.24) is 4.98 Å². The molecule has 0 unspecified atom stereocenters. The summed E-state index contributed by atoms with van der Waals surface area (Å²) in [5.74, 6) is 1.51. The largest absolute Gasteiger partial charge is 0.490 e. The zero-order chi connectivity index (χ0) is 14.9. The molecule has 1 N–H and O–H groups in total. The highest BCUT2D eigenvalue weighted by molar-refractivity contribution is 5.43. The van der Waals surface area contributed by atoms with Crippen molar-refractivity contribution in [2.75, 3.05) is 18.5 Å². The Hall–Kier alpha value is -2.23. The van der Waals surface area contributed by atoms with Crippen LogP contribution in [0, 0.1) is 0 Å². The van der Waals surface area contributed by atoms with Gasteiger partial charge in [-0.05, 0) is 37.6 Å². The molecule has 112 valence electrons. The average Bonchev–Trinajstić information content (AvgIpc) is 2.53. The molecule has 2 rings (SSSR count). The number of ether oxygens (including phenoxy) is 2. The SMILES string of the molecule is CCCNc1ccnc(COc2ccccc2OCC)c1. The van der Waals surface area contributed by atoms with Gasteiger partial charge in [0.1, 0.15) is 6.61 Å². The molecule has 1 aromatic carbocycles. The van der Waals surface area contributed by atoms with E-state index in [0.717, 1.165) is 35.8 Å². The standard InChI is InChI=1S/C17H22N2O2/c1-3-10-18-14-9-11-19-15(12-14)13-21-17-8-6-5-7-16(17)20-4-2/h5-9,11-12H,3-4,10,13H2,1-2H3,(H,18,19). The van der Waals surface area contributed by atoms with E-state index >= 15 is 0 Å². The molecule has 0 aliphatic heterocycles. The molecular weight excluding hydrogens is 264 g/mol. The first-order chi connectivity index (χ1) is 10.3. The predicted molar refractivity (Wildman–Crippen MR) is 85.0 cm³/mol. The number of benzene rings is 1. The molecule has 0 radical (unpaired) electrons. The maximum Gasteiger partial charge on any atom is 0.161 e. The van der Waals surface area contributed by atoms with E-state index in [1.807, 2.05) is 43.3 Å². The zero-order valence-corrected chi connectivity index (χ0v) is 12.6. The fourth-order valence-electron chi connectivity index (χ4n) is 1.93. The first-order valence-electron chi connectivity index (χ1n) is 7.37. The summed E-state index contributed by atoms with van der Waals surface area (Å²) in [6.45, 7) is 6.10. The van der Waals surface area contributed by atoms with Crippen molar-refractivity contribution in [3.63, 3.8) is 0 Å². The maximum absolute atomic E-state index is 5.82. The van der Waals surface area contributed by atoms with Gasteiger partial charge in [-0.15, -0.1) is 0 Å². The van der Waals surface area contributed by atoms with E-state index in [4.69, 9.17) is 9.47 Å². The monoisotopic (exact) mass is 286 g/mol. The van der Waals surface area contributed by atoms with Gasteiger partial charge in [0.15, 0.2) is 11.5 Å². The quantitative estimate of drug-likeness (QED) is 0.799. The molecule has 2 aromatic rings. The molecule has 21 heavy (non-hydrogen) atoms. The van der Waals surface area contributed by atoms with Gasteiger partial charge in [-0.3, -0.25) is 4.98 Å². The first-order valence-corrected chi connectivity index (χ1v) is 7.37. The Kier molecular flexibility index (Phi) is 5.88. The zero-order valence-electron chi connectivity index (χ0n) is 12.6. The summed E-state index contributed by atoms with van der Waals surface area (Å²) in [7, 11) is 0. The third-order valence-corrected chi connectivity index (χ3v) is 2.92. The number of aromatic nitrogens is 1. The normalized spacial score (nSPS) is 10.2. The number of hydrogen-bond donors (Lipinski definition) is 1. The Morgan fingerprint density at radius 2 is 1.81 bits per heavy atom. The summed E-state index contributed by atoms with van der Waals surface area (Å²) < 4.78 is 11.4. The van der Waals surface area contributed by atoms with Gasteiger partial charge in [0.25, 0.3) is 0 Å². The number of pyridine rings is 1. The number of anilines is 1. The number of nitrogens with one attached hydrogen (secondary N) is 1. The second-order valence-corrected chi connectivity index (χ2v) is 4.63. The van der Waals surface area contributed by atoms with Gasteiger partial charge in [0.05, 0.1) is 12.3 Å². The van der Waals surface area contributed by atoms with Crippen molar-refractivity contribution in [2.24, 2.45) is 0 Å². The number of hydrogen-bond acceptors (Lipinski definition) is 4. The van der Waals surface area contributed by atoms with E-state index < -0.39 is 0 Å². The maximum atomic E-state index is 5.82. The molecule has 1 heterocycles. The smallest absolute Gasteiger partial charge is 0.161 e. The minimum atomic E-state index is 0.422. The molecule has 0 spiro atoms. The highest BCUT2D eigenvalue weighted by atomic mass is 16.5. The Morgan fingerprint density at radius 3 is 2.52 bits per heavy atom. The van der Waals surface area contributed by atoms with Crippen LogP contribution in [0.15, 0.2) is 42.6 Å². The molecule has 0 saturated heterocycles. The lowest BCUT2D eigenvalue weighted by Crippen LogP contribution is -2.03. The van der Waals surface area contributed by atoms with Crippen molar-refractivity contribution in [3.8, 4) is 11.5 Å². The Balaban J connectivity index is 1.99. The average molecular weight is 286 g/mol. The minimum Gasteiger partial charge on any atom is -0.490 e. The molecule has 0 atom stereocenters. The lowest BCUT2D eigenvalue weighted by Gasteiger charge is -2.12. The summed E-state index contributed by atoms with van der Waals surface area (Å²) in [6.07, 6.45) is 2.89. The van der Waals surface area contributed by atoms with Gasteiger partial charge >= 0.3 is 0 Å². The molecule has 0 saturated carbocycles. The Bertz CT molecular complexity index is 558. The summed E-state index contributed by atoms with van der Waals surface area (Å²) >= 11 is 0. The predicted octanol–water partition coefficient (Wildman–Crippen LogP) is 3.88. The number of rotatable bonds is 8. The second-order valence-electron chi connectivity index (χ2n) is 4.63. The van der Waals surface area contributed by atoms with Crippen LogP contribution >= 0.6 is 0 Å². The first kappa shape index (κ1) is 15.2. The van der Waals surface area contributed by atoms with Crippen LogP contribution in [-0.4, -0.2) is 18.1 Å². The Labute approximate surface area is 126 Å². The fraction of sp³-hybridized carbons (Fsp3) is 0.353. The van der Waals surface area contributed by atoms with Crippen molar-refractivity contribution in [2.45, 2.75) is 26.9 Å². The van der Waals surface area contributed by atoms with Gasteiger partial charge in [-0.2, -0.15) is 0 Å². The van der Waals surface area contributed by atoms with E-state index in [1.54, 1.807) is 6.20 Å². The van der Waals surface area contributed by atoms with Crippen LogP contribution < -0.4 is 14.8 Å². The Morgan fingerprint density at radius 1 is 1.05 bits per heavy atom. The van der Waals surface area contributed by atoms with Crippen molar-refractivity contribution < 1.29 is 9.47 Å². The third kappa shape index (κ3) is 4.67. The lowest BCUT2D eigenvalue weighted by atomic mass is 10.3. The summed E-state index contributed by atoms with van der Waals surface area (Å²) in [4.78, 5) is 4.33. The molecule has 0 amide bonds. The highest BCUT2D eigenvalue weighted by Crippen LogP contribution is 2.27. The van der Waals surface area contributed by atoms with Gasteiger partial charge in [0, 0.05) is 18.4 Å². The van der Waals surface area contributed by atoms with Crippen LogP contribution in [0.3, 0.4) is 0 Å². The summed E-state index contributed by atoms with van der Waals surface area (Å²) in [6, 6.07) is 11.7. The van der Waals surface area contributed by atoms with Gasteiger partial charge < -0.3 is 14.8 Å².